The number of benzene rings is 1. The molecule has 20 heavy (non-hydrogen) atoms. The molecule has 2 heterocycles. The Morgan fingerprint density at radius 3 is 2.95 bits per heavy atom. The van der Waals surface area contributed by atoms with Gasteiger partial charge in [0, 0.05) is 16.0 Å². The number of thiophene rings is 1. The number of fused-ring (bicyclic) bond motifs is 1. The van der Waals surface area contributed by atoms with Crippen LogP contribution in [0.4, 0.5) is 11.5 Å². The maximum absolute atomic E-state index is 5.80. The topological polar surface area (TPSA) is 63.8 Å². The highest BCUT2D eigenvalue weighted by molar-refractivity contribution is 7.10. The normalized spacial score (nSPS) is 12.4. The van der Waals surface area contributed by atoms with Gasteiger partial charge in [0.2, 0.25) is 0 Å². The minimum Gasteiger partial charge on any atom is -0.399 e. The van der Waals surface area contributed by atoms with Crippen molar-refractivity contribution in [2.45, 2.75) is 19.4 Å². The van der Waals surface area contributed by atoms with Crippen LogP contribution in [0.15, 0.2) is 42.0 Å². The third kappa shape index (κ3) is 2.44. The lowest BCUT2D eigenvalue weighted by atomic mass is 10.1. The first-order valence-electron chi connectivity index (χ1n) is 6.58. The molecule has 4 nitrogen and oxygen atoms in total. The molecule has 102 valence electrons. The standard InChI is InChI=1S/C15H16N4S/c1-2-12(14-4-3-7-20-14)19-15-11-6-5-10(16)8-13(11)17-9-18-15/h3-9,12H,2,16H2,1H3,(H,17,18,19). The van der Waals surface area contributed by atoms with Gasteiger partial charge in [-0.15, -0.1) is 11.3 Å². The third-order valence-electron chi connectivity index (χ3n) is 3.27. The van der Waals surface area contributed by atoms with E-state index in [-0.39, 0.29) is 6.04 Å². The van der Waals surface area contributed by atoms with Gasteiger partial charge in [0.25, 0.3) is 0 Å². The van der Waals surface area contributed by atoms with Crippen molar-refractivity contribution in [2.75, 3.05) is 11.1 Å². The van der Waals surface area contributed by atoms with Crippen molar-refractivity contribution in [3.05, 3.63) is 46.9 Å². The van der Waals surface area contributed by atoms with E-state index < -0.39 is 0 Å². The molecule has 0 saturated carbocycles. The lowest BCUT2D eigenvalue weighted by Gasteiger charge is -2.17. The number of nitrogens with one attached hydrogen (secondary N) is 1. The number of nitrogen functional groups attached to an aromatic ring is 1. The average Bonchev–Trinajstić information content (AvgIpc) is 2.98. The molecule has 2 aromatic heterocycles. The van der Waals surface area contributed by atoms with Crippen LogP contribution in [0.25, 0.3) is 10.9 Å². The minimum absolute atomic E-state index is 0.269. The summed E-state index contributed by atoms with van der Waals surface area (Å²) in [6.07, 6.45) is 2.58. The van der Waals surface area contributed by atoms with Crippen LogP contribution < -0.4 is 11.1 Å². The van der Waals surface area contributed by atoms with E-state index in [1.54, 1.807) is 17.7 Å². The Bertz CT molecular complexity index is 709. The molecule has 0 saturated heterocycles. The van der Waals surface area contributed by atoms with Gasteiger partial charge in [-0.25, -0.2) is 9.97 Å². The number of nitrogens with two attached hydrogens (primary N) is 1. The van der Waals surface area contributed by atoms with Gasteiger partial charge in [-0.05, 0) is 36.1 Å². The summed E-state index contributed by atoms with van der Waals surface area (Å²) in [5.41, 5.74) is 7.38. The summed E-state index contributed by atoms with van der Waals surface area (Å²) in [4.78, 5) is 9.96. The van der Waals surface area contributed by atoms with E-state index >= 15 is 0 Å². The third-order valence-corrected chi connectivity index (χ3v) is 4.25. The molecular weight excluding hydrogens is 268 g/mol. The van der Waals surface area contributed by atoms with E-state index in [1.165, 1.54) is 4.88 Å². The summed E-state index contributed by atoms with van der Waals surface area (Å²) in [7, 11) is 0. The van der Waals surface area contributed by atoms with Crippen LogP contribution >= 0.6 is 11.3 Å². The lowest BCUT2D eigenvalue weighted by molar-refractivity contribution is 0.760. The number of rotatable bonds is 4. The van der Waals surface area contributed by atoms with Crippen molar-refractivity contribution in [1.82, 2.24) is 9.97 Å². The van der Waals surface area contributed by atoms with Gasteiger partial charge < -0.3 is 11.1 Å². The molecule has 3 aromatic rings. The summed E-state index contributed by atoms with van der Waals surface area (Å²) in [5, 5.41) is 6.60. The van der Waals surface area contributed by atoms with E-state index in [2.05, 4.69) is 39.7 Å². The summed E-state index contributed by atoms with van der Waals surface area (Å²) in [6.45, 7) is 2.17. The minimum atomic E-state index is 0.269. The molecule has 0 aliphatic rings. The second kappa shape index (κ2) is 5.46. The SMILES string of the molecule is CCC(Nc1ncnc2cc(N)ccc12)c1cccs1. The predicted molar refractivity (Wildman–Crippen MR) is 84.9 cm³/mol. The zero-order valence-electron chi connectivity index (χ0n) is 11.2. The van der Waals surface area contributed by atoms with Gasteiger partial charge in [0.15, 0.2) is 0 Å². The Hall–Kier alpha value is -2.14. The smallest absolute Gasteiger partial charge is 0.137 e. The molecule has 0 spiro atoms. The van der Waals surface area contributed by atoms with Crippen molar-refractivity contribution < 1.29 is 0 Å². The van der Waals surface area contributed by atoms with Crippen molar-refractivity contribution in [3.63, 3.8) is 0 Å². The van der Waals surface area contributed by atoms with Gasteiger partial charge in [0.05, 0.1) is 11.6 Å². The highest BCUT2D eigenvalue weighted by Crippen LogP contribution is 2.28. The molecule has 0 aliphatic carbocycles. The summed E-state index contributed by atoms with van der Waals surface area (Å²) in [5.74, 6) is 0.857. The van der Waals surface area contributed by atoms with Gasteiger partial charge in [-0.1, -0.05) is 13.0 Å². The Balaban J connectivity index is 1.98. The zero-order valence-corrected chi connectivity index (χ0v) is 12.0. The van der Waals surface area contributed by atoms with Crippen LogP contribution in [0, 0.1) is 0 Å². The van der Waals surface area contributed by atoms with E-state index in [9.17, 15) is 0 Å². The van der Waals surface area contributed by atoms with Gasteiger partial charge >= 0.3 is 0 Å². The zero-order chi connectivity index (χ0) is 13.9. The van der Waals surface area contributed by atoms with Crippen LogP contribution in [0.1, 0.15) is 24.3 Å². The fourth-order valence-electron chi connectivity index (χ4n) is 2.22. The Morgan fingerprint density at radius 1 is 1.30 bits per heavy atom. The predicted octanol–water partition coefficient (Wildman–Crippen LogP) is 3.84. The summed E-state index contributed by atoms with van der Waals surface area (Å²) >= 11 is 1.76. The molecule has 0 fully saturated rings. The van der Waals surface area contributed by atoms with E-state index in [1.807, 2.05) is 18.2 Å². The quantitative estimate of drug-likeness (QED) is 0.715. The van der Waals surface area contributed by atoms with E-state index in [0.29, 0.717) is 5.69 Å². The maximum Gasteiger partial charge on any atom is 0.137 e. The van der Waals surface area contributed by atoms with Gasteiger partial charge in [0.1, 0.15) is 12.1 Å². The number of anilines is 2. The van der Waals surface area contributed by atoms with Crippen molar-refractivity contribution in [1.29, 1.82) is 0 Å². The second-order valence-corrected chi connectivity index (χ2v) is 5.60. The number of nitrogens with zero attached hydrogens (tertiary/aromatic N) is 2. The van der Waals surface area contributed by atoms with Crippen LogP contribution in [-0.4, -0.2) is 9.97 Å². The van der Waals surface area contributed by atoms with E-state index in [4.69, 9.17) is 5.73 Å². The van der Waals surface area contributed by atoms with Crippen LogP contribution in [0.3, 0.4) is 0 Å². The highest BCUT2D eigenvalue weighted by Gasteiger charge is 2.12. The number of hydrogen-bond donors (Lipinski definition) is 2. The molecule has 3 N–H and O–H groups in total. The lowest BCUT2D eigenvalue weighted by Crippen LogP contribution is -2.10. The van der Waals surface area contributed by atoms with Crippen molar-refractivity contribution in [2.24, 2.45) is 0 Å². The molecule has 1 atom stereocenters. The first-order chi connectivity index (χ1) is 9.78. The molecule has 0 aliphatic heterocycles. The fraction of sp³-hybridized carbons (Fsp3) is 0.200. The Labute approximate surface area is 121 Å². The Morgan fingerprint density at radius 2 is 2.20 bits per heavy atom. The number of hydrogen-bond acceptors (Lipinski definition) is 5. The summed E-state index contributed by atoms with van der Waals surface area (Å²) in [6, 6.07) is 10.2. The molecule has 0 radical (unpaired) electrons. The average molecular weight is 284 g/mol. The first kappa shape index (κ1) is 12.9. The van der Waals surface area contributed by atoms with Crippen molar-refractivity contribution >= 4 is 33.7 Å². The largest absolute Gasteiger partial charge is 0.399 e. The van der Waals surface area contributed by atoms with Gasteiger partial charge in [-0.3, -0.25) is 0 Å². The molecular formula is C15H16N4S. The maximum atomic E-state index is 5.80. The summed E-state index contributed by atoms with van der Waals surface area (Å²) < 4.78 is 0. The van der Waals surface area contributed by atoms with Crippen molar-refractivity contribution in [3.8, 4) is 0 Å². The molecule has 1 unspecified atom stereocenters. The fourth-order valence-corrected chi connectivity index (χ4v) is 3.08. The monoisotopic (exact) mass is 284 g/mol. The van der Waals surface area contributed by atoms with Crippen LogP contribution in [0.5, 0.6) is 0 Å². The van der Waals surface area contributed by atoms with Crippen LogP contribution in [-0.2, 0) is 0 Å². The molecule has 5 heteroatoms. The molecule has 3 rings (SSSR count). The second-order valence-electron chi connectivity index (χ2n) is 4.62. The van der Waals surface area contributed by atoms with E-state index in [0.717, 1.165) is 23.1 Å². The van der Waals surface area contributed by atoms with Crippen LogP contribution in [0.2, 0.25) is 0 Å². The van der Waals surface area contributed by atoms with Gasteiger partial charge in [-0.2, -0.15) is 0 Å². The Kier molecular flexibility index (Phi) is 3.52. The number of aromatic nitrogens is 2. The molecule has 0 amide bonds. The molecule has 1 aromatic carbocycles. The molecule has 0 bridgehead atoms. The first-order valence-corrected chi connectivity index (χ1v) is 7.46. The highest BCUT2D eigenvalue weighted by atomic mass is 32.1.